The fourth-order valence-electron chi connectivity index (χ4n) is 1.54. The summed E-state index contributed by atoms with van der Waals surface area (Å²) in [6.45, 7) is 2.14. The van der Waals surface area contributed by atoms with Gasteiger partial charge in [-0.1, -0.05) is 0 Å². The number of hydrogen-bond donors (Lipinski definition) is 1. The molecule has 1 aromatic rings. The molecule has 18 heavy (non-hydrogen) atoms. The zero-order valence-corrected chi connectivity index (χ0v) is 10.5. The SMILES string of the molecule is CNc1ccc([N+](=O)[O-])c(N(C)CC(C)C#N)n1. The van der Waals surface area contributed by atoms with Crippen molar-refractivity contribution in [2.75, 3.05) is 30.9 Å². The van der Waals surface area contributed by atoms with Crippen LogP contribution in [0.2, 0.25) is 0 Å². The molecule has 0 aromatic carbocycles. The highest BCUT2D eigenvalue weighted by molar-refractivity contribution is 5.61. The molecule has 0 aliphatic heterocycles. The standard InChI is InChI=1S/C11H15N5O2/c1-8(6-12)7-15(3)11-9(16(17)18)4-5-10(13-2)14-11/h4-5,8H,7H2,1-3H3,(H,13,14). The Balaban J connectivity index is 3.11. The van der Waals surface area contributed by atoms with Crippen LogP contribution in [0.3, 0.4) is 0 Å². The van der Waals surface area contributed by atoms with Crippen LogP contribution in [0.25, 0.3) is 0 Å². The van der Waals surface area contributed by atoms with E-state index in [9.17, 15) is 10.1 Å². The van der Waals surface area contributed by atoms with E-state index in [1.165, 1.54) is 6.07 Å². The normalized spacial score (nSPS) is 11.4. The van der Waals surface area contributed by atoms with Crippen molar-refractivity contribution in [3.63, 3.8) is 0 Å². The molecule has 0 bridgehead atoms. The lowest BCUT2D eigenvalue weighted by atomic mass is 10.2. The monoisotopic (exact) mass is 249 g/mol. The molecule has 96 valence electrons. The summed E-state index contributed by atoms with van der Waals surface area (Å²) in [7, 11) is 3.37. The number of nitro groups is 1. The molecular weight excluding hydrogens is 234 g/mol. The molecule has 1 atom stereocenters. The molecule has 0 saturated carbocycles. The van der Waals surface area contributed by atoms with E-state index in [1.54, 1.807) is 32.0 Å². The van der Waals surface area contributed by atoms with Crippen LogP contribution < -0.4 is 10.2 Å². The number of rotatable bonds is 5. The molecule has 1 heterocycles. The minimum absolute atomic E-state index is 0.0679. The van der Waals surface area contributed by atoms with E-state index in [0.29, 0.717) is 12.4 Å². The summed E-state index contributed by atoms with van der Waals surface area (Å²) in [6.07, 6.45) is 0. The average molecular weight is 249 g/mol. The smallest absolute Gasteiger partial charge is 0.311 e. The first kappa shape index (κ1) is 13.7. The summed E-state index contributed by atoms with van der Waals surface area (Å²) in [5, 5.41) is 22.5. The molecule has 0 amide bonds. The molecule has 1 rings (SSSR count). The van der Waals surface area contributed by atoms with Crippen molar-refractivity contribution in [1.82, 2.24) is 4.98 Å². The van der Waals surface area contributed by atoms with E-state index in [0.717, 1.165) is 0 Å². The third-order valence-corrected chi connectivity index (χ3v) is 2.44. The van der Waals surface area contributed by atoms with Crippen LogP contribution in [0.4, 0.5) is 17.3 Å². The van der Waals surface area contributed by atoms with Crippen molar-refractivity contribution in [3.05, 3.63) is 22.2 Å². The molecular formula is C11H15N5O2. The molecule has 0 aliphatic carbocycles. The zero-order chi connectivity index (χ0) is 13.7. The summed E-state index contributed by atoms with van der Waals surface area (Å²) < 4.78 is 0. The second-order valence-electron chi connectivity index (χ2n) is 3.96. The minimum atomic E-state index is -0.477. The highest BCUT2D eigenvalue weighted by Gasteiger charge is 2.20. The molecule has 0 spiro atoms. The number of nitriles is 1. The number of nitrogens with zero attached hydrogens (tertiary/aromatic N) is 4. The van der Waals surface area contributed by atoms with Gasteiger partial charge in [-0.25, -0.2) is 4.98 Å². The van der Waals surface area contributed by atoms with Gasteiger partial charge in [0.1, 0.15) is 5.82 Å². The van der Waals surface area contributed by atoms with E-state index in [-0.39, 0.29) is 17.4 Å². The van der Waals surface area contributed by atoms with Gasteiger partial charge in [0.05, 0.1) is 16.9 Å². The van der Waals surface area contributed by atoms with Crippen molar-refractivity contribution in [2.24, 2.45) is 5.92 Å². The van der Waals surface area contributed by atoms with Gasteiger partial charge >= 0.3 is 5.69 Å². The van der Waals surface area contributed by atoms with Crippen LogP contribution in [0, 0.1) is 27.4 Å². The van der Waals surface area contributed by atoms with Gasteiger partial charge in [0.25, 0.3) is 0 Å². The molecule has 0 fully saturated rings. The first-order valence-electron chi connectivity index (χ1n) is 5.43. The number of pyridine rings is 1. The second-order valence-corrected chi connectivity index (χ2v) is 3.96. The van der Waals surface area contributed by atoms with Crippen molar-refractivity contribution in [1.29, 1.82) is 5.26 Å². The number of nitrogens with one attached hydrogen (secondary N) is 1. The van der Waals surface area contributed by atoms with Gasteiger partial charge in [-0.3, -0.25) is 10.1 Å². The van der Waals surface area contributed by atoms with Crippen LogP contribution >= 0.6 is 0 Å². The van der Waals surface area contributed by atoms with Gasteiger partial charge in [0, 0.05) is 26.7 Å². The van der Waals surface area contributed by atoms with Gasteiger partial charge < -0.3 is 10.2 Å². The fourth-order valence-corrected chi connectivity index (χ4v) is 1.54. The Bertz CT molecular complexity index is 483. The quantitative estimate of drug-likeness (QED) is 0.629. The summed E-state index contributed by atoms with van der Waals surface area (Å²) in [6, 6.07) is 5.04. The largest absolute Gasteiger partial charge is 0.373 e. The molecule has 1 N–H and O–H groups in total. The van der Waals surface area contributed by atoms with E-state index in [4.69, 9.17) is 5.26 Å². The predicted molar refractivity (Wildman–Crippen MR) is 68.5 cm³/mol. The molecule has 7 nitrogen and oxygen atoms in total. The van der Waals surface area contributed by atoms with Crippen LogP contribution in [0.15, 0.2) is 12.1 Å². The van der Waals surface area contributed by atoms with Gasteiger partial charge in [0.2, 0.25) is 5.82 Å². The maximum atomic E-state index is 10.9. The summed E-state index contributed by atoms with van der Waals surface area (Å²) in [4.78, 5) is 16.2. The minimum Gasteiger partial charge on any atom is -0.373 e. The Morgan fingerprint density at radius 1 is 1.67 bits per heavy atom. The van der Waals surface area contributed by atoms with Crippen LogP contribution in [-0.2, 0) is 0 Å². The van der Waals surface area contributed by atoms with Crippen LogP contribution in [0.5, 0.6) is 0 Å². The lowest BCUT2D eigenvalue weighted by molar-refractivity contribution is -0.384. The van der Waals surface area contributed by atoms with Crippen LogP contribution in [0.1, 0.15) is 6.92 Å². The van der Waals surface area contributed by atoms with E-state index >= 15 is 0 Å². The lowest BCUT2D eigenvalue weighted by Crippen LogP contribution is -2.25. The molecule has 0 saturated heterocycles. The highest BCUT2D eigenvalue weighted by Crippen LogP contribution is 2.27. The van der Waals surface area contributed by atoms with E-state index < -0.39 is 4.92 Å². The molecule has 7 heteroatoms. The number of anilines is 2. The number of hydrogen-bond acceptors (Lipinski definition) is 6. The fraction of sp³-hybridized carbons (Fsp3) is 0.455. The van der Waals surface area contributed by atoms with E-state index in [1.807, 2.05) is 0 Å². The predicted octanol–water partition coefficient (Wildman–Crippen LogP) is 1.63. The maximum Gasteiger partial charge on any atom is 0.311 e. The molecule has 0 radical (unpaired) electrons. The topological polar surface area (TPSA) is 95.1 Å². The lowest BCUT2D eigenvalue weighted by Gasteiger charge is -2.19. The zero-order valence-electron chi connectivity index (χ0n) is 10.5. The Morgan fingerprint density at radius 3 is 2.83 bits per heavy atom. The van der Waals surface area contributed by atoms with Gasteiger partial charge in [0.15, 0.2) is 0 Å². The first-order valence-corrected chi connectivity index (χ1v) is 5.43. The third kappa shape index (κ3) is 3.07. The Morgan fingerprint density at radius 2 is 2.33 bits per heavy atom. The van der Waals surface area contributed by atoms with Gasteiger partial charge in [-0.2, -0.15) is 5.26 Å². The maximum absolute atomic E-state index is 10.9. The van der Waals surface area contributed by atoms with Crippen molar-refractivity contribution >= 4 is 17.3 Å². The second kappa shape index (κ2) is 5.82. The van der Waals surface area contributed by atoms with Gasteiger partial charge in [-0.15, -0.1) is 0 Å². The van der Waals surface area contributed by atoms with Gasteiger partial charge in [-0.05, 0) is 13.0 Å². The summed E-state index contributed by atoms with van der Waals surface area (Å²) in [5.74, 6) is 0.579. The van der Waals surface area contributed by atoms with Crippen molar-refractivity contribution in [3.8, 4) is 6.07 Å². The van der Waals surface area contributed by atoms with Crippen molar-refractivity contribution in [2.45, 2.75) is 6.92 Å². The number of aromatic nitrogens is 1. The Kier molecular flexibility index (Phi) is 4.43. The third-order valence-electron chi connectivity index (χ3n) is 2.44. The van der Waals surface area contributed by atoms with Crippen molar-refractivity contribution < 1.29 is 4.92 Å². The molecule has 1 unspecified atom stereocenters. The Labute approximate surface area is 105 Å². The highest BCUT2D eigenvalue weighted by atomic mass is 16.6. The summed E-state index contributed by atoms with van der Waals surface area (Å²) in [5.41, 5.74) is -0.0679. The first-order chi connectivity index (χ1) is 8.49. The Hall–Kier alpha value is -2.36. The summed E-state index contributed by atoms with van der Waals surface area (Å²) >= 11 is 0. The van der Waals surface area contributed by atoms with E-state index in [2.05, 4.69) is 16.4 Å². The molecule has 1 aromatic heterocycles. The average Bonchev–Trinajstić information content (AvgIpc) is 2.37. The molecule has 0 aliphatic rings. The van der Waals surface area contributed by atoms with Crippen LogP contribution in [-0.4, -0.2) is 30.5 Å².